The number of ether oxygens (including phenoxy) is 2. The number of nitrogens with zero attached hydrogens (tertiary/aromatic N) is 1. The second-order valence-corrected chi connectivity index (χ2v) is 8.00. The lowest BCUT2D eigenvalue weighted by atomic mass is 9.98. The highest BCUT2D eigenvalue weighted by Crippen LogP contribution is 2.39. The molecule has 3 aromatic rings. The first kappa shape index (κ1) is 17.1. The Hall–Kier alpha value is -2.31. The quantitative estimate of drug-likeness (QED) is 0.655. The number of hydrogen-bond donors (Lipinski definition) is 0. The van der Waals surface area contributed by atoms with E-state index < -0.39 is 0 Å². The van der Waals surface area contributed by atoms with Gasteiger partial charge in [0.15, 0.2) is 6.61 Å². The summed E-state index contributed by atoms with van der Waals surface area (Å²) in [6.07, 6.45) is 0.906. The van der Waals surface area contributed by atoms with Crippen LogP contribution in [-0.2, 0) is 11.2 Å². The van der Waals surface area contributed by atoms with Crippen molar-refractivity contribution in [2.24, 2.45) is 0 Å². The zero-order valence-electron chi connectivity index (χ0n) is 14.4. The van der Waals surface area contributed by atoms with Crippen molar-refractivity contribution in [3.05, 3.63) is 68.5 Å². The fourth-order valence-corrected chi connectivity index (χ4v) is 5.00. The molecule has 0 fully saturated rings. The Bertz CT molecular complexity index is 871. The Morgan fingerprint density at radius 1 is 1.12 bits per heavy atom. The van der Waals surface area contributed by atoms with Crippen molar-refractivity contribution in [3.63, 3.8) is 0 Å². The number of carbonyl (C=O) groups is 1. The molecule has 0 saturated carbocycles. The monoisotopic (exact) mass is 385 g/mol. The molecule has 0 saturated heterocycles. The van der Waals surface area contributed by atoms with E-state index in [1.165, 1.54) is 15.3 Å². The predicted octanol–water partition coefficient (Wildman–Crippen LogP) is 4.37. The third-order valence-electron chi connectivity index (χ3n) is 4.52. The summed E-state index contributed by atoms with van der Waals surface area (Å²) < 4.78 is 10.9. The molecule has 1 aliphatic rings. The molecule has 0 bridgehead atoms. The maximum atomic E-state index is 12.9. The van der Waals surface area contributed by atoms with E-state index >= 15 is 0 Å². The Labute approximate surface area is 160 Å². The van der Waals surface area contributed by atoms with Gasteiger partial charge in [-0.3, -0.25) is 4.79 Å². The number of fused-ring (bicyclic) bond motifs is 1. The van der Waals surface area contributed by atoms with E-state index in [1.807, 2.05) is 35.2 Å². The molecule has 0 spiro atoms. The standard InChI is InChI=1S/C20H19NO3S2/c1-23-14-4-6-15(7-5-14)24-13-19(22)21-10-8-17-16(9-12-26-17)20(21)18-3-2-11-25-18/h2-7,9,11-12,20H,8,10,13H2,1H3. The van der Waals surface area contributed by atoms with Gasteiger partial charge >= 0.3 is 0 Å². The lowest BCUT2D eigenvalue weighted by Crippen LogP contribution is -2.42. The van der Waals surface area contributed by atoms with Gasteiger partial charge < -0.3 is 14.4 Å². The molecule has 2 aromatic heterocycles. The highest BCUT2D eigenvalue weighted by molar-refractivity contribution is 7.10. The minimum absolute atomic E-state index is 0.00281. The summed E-state index contributed by atoms with van der Waals surface area (Å²) in [5.41, 5.74) is 1.25. The average Bonchev–Trinajstić information content (AvgIpc) is 3.37. The van der Waals surface area contributed by atoms with Crippen LogP contribution in [0.25, 0.3) is 0 Å². The van der Waals surface area contributed by atoms with Crippen molar-refractivity contribution < 1.29 is 14.3 Å². The SMILES string of the molecule is COc1ccc(OCC(=O)N2CCc3sccc3C2c2cccs2)cc1. The van der Waals surface area contributed by atoms with Crippen LogP contribution >= 0.6 is 22.7 Å². The molecule has 4 rings (SSSR count). The van der Waals surface area contributed by atoms with Gasteiger partial charge in [0.05, 0.1) is 13.2 Å². The average molecular weight is 386 g/mol. The molecule has 0 N–H and O–H groups in total. The van der Waals surface area contributed by atoms with Crippen LogP contribution in [-0.4, -0.2) is 31.1 Å². The molecule has 3 heterocycles. The molecule has 6 heteroatoms. The van der Waals surface area contributed by atoms with E-state index in [4.69, 9.17) is 9.47 Å². The van der Waals surface area contributed by atoms with Crippen molar-refractivity contribution in [3.8, 4) is 11.5 Å². The zero-order valence-corrected chi connectivity index (χ0v) is 16.0. The summed E-state index contributed by atoms with van der Waals surface area (Å²) in [4.78, 5) is 17.4. The van der Waals surface area contributed by atoms with Crippen LogP contribution in [0.4, 0.5) is 0 Å². The molecule has 1 aliphatic heterocycles. The third kappa shape index (κ3) is 3.34. The van der Waals surface area contributed by atoms with Crippen LogP contribution in [0, 0.1) is 0 Å². The molecule has 0 aliphatic carbocycles. The van der Waals surface area contributed by atoms with Crippen LogP contribution in [0.2, 0.25) is 0 Å². The van der Waals surface area contributed by atoms with Gasteiger partial charge in [0.2, 0.25) is 0 Å². The predicted molar refractivity (Wildman–Crippen MR) is 104 cm³/mol. The lowest BCUT2D eigenvalue weighted by molar-refractivity contribution is -0.135. The summed E-state index contributed by atoms with van der Waals surface area (Å²) in [5.74, 6) is 1.44. The molecule has 1 aromatic carbocycles. The molecular formula is C20H19NO3S2. The van der Waals surface area contributed by atoms with Gasteiger partial charge in [-0.15, -0.1) is 22.7 Å². The number of rotatable bonds is 5. The summed E-state index contributed by atoms with van der Waals surface area (Å²) in [6.45, 7) is 0.758. The van der Waals surface area contributed by atoms with Gasteiger partial charge in [-0.25, -0.2) is 0 Å². The number of hydrogen-bond acceptors (Lipinski definition) is 5. The largest absolute Gasteiger partial charge is 0.497 e. The van der Waals surface area contributed by atoms with Crippen molar-refractivity contribution >= 4 is 28.6 Å². The number of methoxy groups -OCH3 is 1. The maximum absolute atomic E-state index is 12.9. The fraction of sp³-hybridized carbons (Fsp3) is 0.250. The van der Waals surface area contributed by atoms with Gasteiger partial charge in [-0.1, -0.05) is 6.07 Å². The Balaban J connectivity index is 1.50. The van der Waals surface area contributed by atoms with Crippen molar-refractivity contribution in [1.82, 2.24) is 4.90 Å². The first-order valence-corrected chi connectivity index (χ1v) is 10.2. The smallest absolute Gasteiger partial charge is 0.261 e. The molecule has 1 amide bonds. The Morgan fingerprint density at radius 2 is 1.92 bits per heavy atom. The highest BCUT2D eigenvalue weighted by Gasteiger charge is 2.33. The van der Waals surface area contributed by atoms with Crippen LogP contribution in [0.5, 0.6) is 11.5 Å². The minimum Gasteiger partial charge on any atom is -0.497 e. The third-order valence-corrected chi connectivity index (χ3v) is 6.44. The van der Waals surface area contributed by atoms with E-state index in [-0.39, 0.29) is 18.6 Å². The van der Waals surface area contributed by atoms with Crippen LogP contribution in [0.3, 0.4) is 0 Å². The highest BCUT2D eigenvalue weighted by atomic mass is 32.1. The van der Waals surface area contributed by atoms with Crippen LogP contribution < -0.4 is 9.47 Å². The first-order chi connectivity index (χ1) is 12.8. The summed E-state index contributed by atoms with van der Waals surface area (Å²) in [6, 6.07) is 13.6. The number of thiophene rings is 2. The van der Waals surface area contributed by atoms with Gasteiger partial charge in [-0.2, -0.15) is 0 Å². The van der Waals surface area contributed by atoms with Crippen molar-refractivity contribution in [2.75, 3.05) is 20.3 Å². The number of benzene rings is 1. The molecule has 4 nitrogen and oxygen atoms in total. The summed E-state index contributed by atoms with van der Waals surface area (Å²) in [7, 11) is 1.62. The Kier molecular flexibility index (Phi) is 4.95. The van der Waals surface area contributed by atoms with E-state index in [2.05, 4.69) is 22.9 Å². The minimum atomic E-state index is -0.00281. The first-order valence-electron chi connectivity index (χ1n) is 8.42. The van der Waals surface area contributed by atoms with E-state index in [9.17, 15) is 4.79 Å². The molecule has 1 unspecified atom stereocenters. The zero-order chi connectivity index (χ0) is 17.9. The molecule has 134 valence electrons. The van der Waals surface area contributed by atoms with Crippen LogP contribution in [0.1, 0.15) is 21.4 Å². The summed E-state index contributed by atoms with van der Waals surface area (Å²) >= 11 is 3.47. The van der Waals surface area contributed by atoms with Crippen LogP contribution in [0.15, 0.2) is 53.2 Å². The molecule has 0 radical (unpaired) electrons. The number of carbonyl (C=O) groups excluding carboxylic acids is 1. The van der Waals surface area contributed by atoms with Gasteiger partial charge in [0.25, 0.3) is 5.91 Å². The molecular weight excluding hydrogens is 366 g/mol. The van der Waals surface area contributed by atoms with Crippen molar-refractivity contribution in [1.29, 1.82) is 0 Å². The Morgan fingerprint density at radius 3 is 2.65 bits per heavy atom. The fourth-order valence-electron chi connectivity index (χ4n) is 3.24. The van der Waals surface area contributed by atoms with Gasteiger partial charge in [0.1, 0.15) is 11.5 Å². The van der Waals surface area contributed by atoms with Gasteiger partial charge in [0, 0.05) is 16.3 Å². The molecule has 1 atom stereocenters. The second-order valence-electron chi connectivity index (χ2n) is 6.02. The maximum Gasteiger partial charge on any atom is 0.261 e. The molecule has 26 heavy (non-hydrogen) atoms. The van der Waals surface area contributed by atoms with Gasteiger partial charge in [-0.05, 0) is 59.1 Å². The van der Waals surface area contributed by atoms with E-state index in [0.717, 1.165) is 18.7 Å². The van der Waals surface area contributed by atoms with Crippen molar-refractivity contribution in [2.45, 2.75) is 12.5 Å². The summed E-state index contributed by atoms with van der Waals surface area (Å²) in [5, 5.41) is 4.18. The number of amides is 1. The van der Waals surface area contributed by atoms with E-state index in [0.29, 0.717) is 5.75 Å². The lowest BCUT2D eigenvalue weighted by Gasteiger charge is -2.35. The normalized spacial score (nSPS) is 16.2. The van der Waals surface area contributed by atoms with E-state index in [1.54, 1.807) is 29.8 Å². The topological polar surface area (TPSA) is 38.8 Å². The second kappa shape index (κ2) is 7.51.